The topological polar surface area (TPSA) is 41.5 Å². The van der Waals surface area contributed by atoms with Gasteiger partial charge in [-0.3, -0.25) is 0 Å². The van der Waals surface area contributed by atoms with Gasteiger partial charge in [0.05, 0.1) is 19.8 Å². The first-order valence-electron chi connectivity index (χ1n) is 7.32. The highest BCUT2D eigenvalue weighted by Crippen LogP contribution is 2.23. The zero-order chi connectivity index (χ0) is 16.1. The smallest absolute Gasteiger partial charge is 0.126 e. The van der Waals surface area contributed by atoms with Crippen molar-refractivity contribution in [2.24, 2.45) is 0 Å². The largest absolute Gasteiger partial charge is 0.497 e. The number of aliphatic hydroxyl groups excluding tert-OH is 1. The molecular weight excluding hydrogens is 281 g/mol. The molecule has 0 saturated carbocycles. The number of halogens is 1. The summed E-state index contributed by atoms with van der Waals surface area (Å²) in [5.74, 6) is 0.528. The molecule has 0 aliphatic carbocycles. The number of benzene rings is 2. The number of methoxy groups -OCH3 is 1. The maximum absolute atomic E-state index is 13.7. The first-order chi connectivity index (χ1) is 10.5. The number of hydrogen-bond acceptors (Lipinski definition) is 3. The Labute approximate surface area is 130 Å². The molecule has 2 N–H and O–H groups in total. The molecule has 0 bridgehead atoms. The van der Waals surface area contributed by atoms with E-state index in [1.165, 1.54) is 6.07 Å². The van der Waals surface area contributed by atoms with E-state index >= 15 is 0 Å². The molecule has 0 saturated heterocycles. The van der Waals surface area contributed by atoms with Crippen LogP contribution in [0.15, 0.2) is 42.5 Å². The minimum Gasteiger partial charge on any atom is -0.497 e. The zero-order valence-electron chi connectivity index (χ0n) is 13.1. The number of ether oxygens (including phenoxy) is 1. The fraction of sp³-hybridized carbons (Fsp3) is 0.333. The lowest BCUT2D eigenvalue weighted by atomic mass is 10.0. The molecule has 118 valence electrons. The van der Waals surface area contributed by atoms with Crippen LogP contribution in [0.1, 0.15) is 35.7 Å². The second-order valence-corrected chi connectivity index (χ2v) is 5.41. The summed E-state index contributed by atoms with van der Waals surface area (Å²) in [5.41, 5.74) is 2.41. The van der Waals surface area contributed by atoms with Gasteiger partial charge in [0.1, 0.15) is 11.6 Å². The first kappa shape index (κ1) is 16.5. The highest BCUT2D eigenvalue weighted by Gasteiger charge is 2.16. The summed E-state index contributed by atoms with van der Waals surface area (Å²) in [7, 11) is 1.61. The molecule has 22 heavy (non-hydrogen) atoms. The number of aryl methyl sites for hydroxylation is 1. The van der Waals surface area contributed by atoms with E-state index in [2.05, 4.69) is 5.32 Å². The summed E-state index contributed by atoms with van der Waals surface area (Å²) in [4.78, 5) is 0. The molecule has 0 aliphatic rings. The maximum Gasteiger partial charge on any atom is 0.126 e. The number of hydrogen-bond donors (Lipinski definition) is 2. The normalized spacial score (nSPS) is 13.7. The SMILES string of the molecule is COc1cccc(C(CO)NC(C)c2ccc(C)c(F)c2)c1. The summed E-state index contributed by atoms with van der Waals surface area (Å²) >= 11 is 0. The highest BCUT2D eigenvalue weighted by atomic mass is 19.1. The van der Waals surface area contributed by atoms with Crippen molar-refractivity contribution >= 4 is 0 Å². The zero-order valence-corrected chi connectivity index (χ0v) is 13.1. The van der Waals surface area contributed by atoms with E-state index in [1.54, 1.807) is 20.1 Å². The molecule has 0 aliphatic heterocycles. The second-order valence-electron chi connectivity index (χ2n) is 5.41. The average Bonchev–Trinajstić information content (AvgIpc) is 2.54. The van der Waals surface area contributed by atoms with E-state index in [1.807, 2.05) is 37.3 Å². The third-order valence-electron chi connectivity index (χ3n) is 3.83. The molecule has 2 unspecified atom stereocenters. The predicted octanol–water partition coefficient (Wildman–Crippen LogP) is 3.53. The van der Waals surface area contributed by atoms with E-state index in [9.17, 15) is 9.50 Å². The maximum atomic E-state index is 13.7. The Kier molecular flexibility index (Phi) is 5.52. The molecular formula is C18H22FNO2. The summed E-state index contributed by atoms with van der Waals surface area (Å²) in [5, 5.41) is 13.0. The molecule has 2 aromatic rings. The fourth-order valence-corrected chi connectivity index (χ4v) is 2.39. The van der Waals surface area contributed by atoms with Crippen LogP contribution in [0.5, 0.6) is 5.75 Å². The Hall–Kier alpha value is -1.91. The summed E-state index contributed by atoms with van der Waals surface area (Å²) in [6.07, 6.45) is 0. The van der Waals surface area contributed by atoms with Crippen molar-refractivity contribution in [3.8, 4) is 5.75 Å². The van der Waals surface area contributed by atoms with Crippen LogP contribution in [-0.4, -0.2) is 18.8 Å². The molecule has 0 amide bonds. The lowest BCUT2D eigenvalue weighted by molar-refractivity contribution is 0.235. The molecule has 4 heteroatoms. The Morgan fingerprint density at radius 2 is 1.95 bits per heavy atom. The Morgan fingerprint density at radius 3 is 2.59 bits per heavy atom. The van der Waals surface area contributed by atoms with Gasteiger partial charge in [0.15, 0.2) is 0 Å². The first-order valence-corrected chi connectivity index (χ1v) is 7.32. The quantitative estimate of drug-likeness (QED) is 0.858. The molecule has 0 heterocycles. The van der Waals surface area contributed by atoms with Gasteiger partial charge < -0.3 is 15.2 Å². The molecule has 2 rings (SSSR count). The van der Waals surface area contributed by atoms with Crippen LogP contribution in [0.25, 0.3) is 0 Å². The molecule has 2 atom stereocenters. The Morgan fingerprint density at radius 1 is 1.18 bits per heavy atom. The van der Waals surface area contributed by atoms with Crippen molar-refractivity contribution in [3.05, 3.63) is 65.0 Å². The van der Waals surface area contributed by atoms with Crippen LogP contribution in [0.3, 0.4) is 0 Å². The van der Waals surface area contributed by atoms with E-state index < -0.39 is 0 Å². The molecule has 2 aromatic carbocycles. The molecule has 0 fully saturated rings. The molecule has 0 spiro atoms. The van der Waals surface area contributed by atoms with E-state index in [0.29, 0.717) is 5.56 Å². The Balaban J connectivity index is 2.16. The Bertz CT molecular complexity index is 630. The van der Waals surface area contributed by atoms with Crippen LogP contribution in [0.2, 0.25) is 0 Å². The predicted molar refractivity (Wildman–Crippen MR) is 85.5 cm³/mol. The molecule has 3 nitrogen and oxygen atoms in total. The van der Waals surface area contributed by atoms with Crippen molar-refractivity contribution in [3.63, 3.8) is 0 Å². The van der Waals surface area contributed by atoms with Crippen molar-refractivity contribution in [1.82, 2.24) is 5.32 Å². The second kappa shape index (κ2) is 7.38. The van der Waals surface area contributed by atoms with Gasteiger partial charge in [0, 0.05) is 6.04 Å². The van der Waals surface area contributed by atoms with Crippen LogP contribution in [-0.2, 0) is 0 Å². The van der Waals surface area contributed by atoms with Crippen molar-refractivity contribution in [1.29, 1.82) is 0 Å². The van der Waals surface area contributed by atoms with Gasteiger partial charge in [0.2, 0.25) is 0 Å². The number of nitrogens with one attached hydrogen (secondary N) is 1. The summed E-state index contributed by atoms with van der Waals surface area (Å²) in [6, 6.07) is 12.4. The van der Waals surface area contributed by atoms with Crippen LogP contribution in [0.4, 0.5) is 4.39 Å². The number of aliphatic hydroxyl groups is 1. The van der Waals surface area contributed by atoms with E-state index in [4.69, 9.17) is 4.74 Å². The van der Waals surface area contributed by atoms with Crippen molar-refractivity contribution < 1.29 is 14.2 Å². The van der Waals surface area contributed by atoms with Gasteiger partial charge in [-0.25, -0.2) is 4.39 Å². The van der Waals surface area contributed by atoms with Crippen molar-refractivity contribution in [2.75, 3.05) is 13.7 Å². The monoisotopic (exact) mass is 303 g/mol. The van der Waals surface area contributed by atoms with Crippen LogP contribution < -0.4 is 10.1 Å². The highest BCUT2D eigenvalue weighted by molar-refractivity contribution is 5.31. The fourth-order valence-electron chi connectivity index (χ4n) is 2.39. The van der Waals surface area contributed by atoms with Gasteiger partial charge >= 0.3 is 0 Å². The lowest BCUT2D eigenvalue weighted by Crippen LogP contribution is -2.27. The standard InChI is InChI=1S/C18H22FNO2/c1-12-7-8-14(10-17(12)19)13(2)20-18(11-21)15-5-4-6-16(9-15)22-3/h4-10,13,18,20-21H,11H2,1-3H3. The van der Waals surface area contributed by atoms with Crippen LogP contribution >= 0.6 is 0 Å². The van der Waals surface area contributed by atoms with Gasteiger partial charge in [-0.15, -0.1) is 0 Å². The average molecular weight is 303 g/mol. The molecule has 0 radical (unpaired) electrons. The third-order valence-corrected chi connectivity index (χ3v) is 3.83. The third kappa shape index (κ3) is 3.84. The minimum absolute atomic E-state index is 0.0498. The summed E-state index contributed by atoms with van der Waals surface area (Å²) in [6.45, 7) is 3.64. The van der Waals surface area contributed by atoms with Gasteiger partial charge in [-0.05, 0) is 48.7 Å². The summed E-state index contributed by atoms with van der Waals surface area (Å²) < 4.78 is 18.9. The lowest BCUT2D eigenvalue weighted by Gasteiger charge is -2.23. The number of rotatable bonds is 6. The van der Waals surface area contributed by atoms with E-state index in [-0.39, 0.29) is 24.5 Å². The van der Waals surface area contributed by atoms with Gasteiger partial charge in [-0.2, -0.15) is 0 Å². The molecule has 0 aromatic heterocycles. The van der Waals surface area contributed by atoms with Gasteiger partial charge in [-0.1, -0.05) is 24.3 Å². The van der Waals surface area contributed by atoms with Crippen LogP contribution in [0, 0.1) is 12.7 Å². The van der Waals surface area contributed by atoms with Gasteiger partial charge in [0.25, 0.3) is 0 Å². The van der Waals surface area contributed by atoms with E-state index in [0.717, 1.165) is 16.9 Å². The van der Waals surface area contributed by atoms with Crippen molar-refractivity contribution in [2.45, 2.75) is 25.9 Å². The minimum atomic E-state index is -0.241.